The maximum atomic E-state index is 13.9. The summed E-state index contributed by atoms with van der Waals surface area (Å²) in [5.41, 5.74) is 2.20. The van der Waals surface area contributed by atoms with Gasteiger partial charge in [-0.2, -0.15) is 0 Å². The fourth-order valence-electron chi connectivity index (χ4n) is 4.05. The normalized spacial score (nSPS) is 11.9. The predicted molar refractivity (Wildman–Crippen MR) is 153 cm³/mol. The second kappa shape index (κ2) is 13.8. The molecule has 208 valence electrons. The second-order valence-corrected chi connectivity index (χ2v) is 11.0. The van der Waals surface area contributed by atoms with Crippen molar-refractivity contribution in [2.45, 2.75) is 51.1 Å². The van der Waals surface area contributed by atoms with E-state index in [1.54, 1.807) is 56.5 Å². The summed E-state index contributed by atoms with van der Waals surface area (Å²) >= 11 is 0. The van der Waals surface area contributed by atoms with E-state index in [4.69, 9.17) is 4.74 Å². The Kier molecular flexibility index (Phi) is 10.5. The van der Waals surface area contributed by atoms with E-state index in [9.17, 15) is 18.0 Å². The summed E-state index contributed by atoms with van der Waals surface area (Å²) < 4.78 is 33.9. The number of hydrogen-bond donors (Lipinski definition) is 1. The van der Waals surface area contributed by atoms with Crippen LogP contribution in [0.3, 0.4) is 0 Å². The summed E-state index contributed by atoms with van der Waals surface area (Å²) in [6, 6.07) is 21.5. The van der Waals surface area contributed by atoms with Gasteiger partial charge >= 0.3 is 0 Å². The number of aryl methyl sites for hydroxylation is 1. The van der Waals surface area contributed by atoms with E-state index in [0.29, 0.717) is 18.0 Å². The molecule has 0 aliphatic heterocycles. The lowest BCUT2D eigenvalue weighted by molar-refractivity contribution is -0.139. The minimum Gasteiger partial charge on any atom is -0.497 e. The van der Waals surface area contributed by atoms with E-state index < -0.39 is 28.5 Å². The molecule has 0 fully saturated rings. The molecule has 0 heterocycles. The van der Waals surface area contributed by atoms with Crippen LogP contribution in [0.1, 0.15) is 38.3 Å². The quantitative estimate of drug-likeness (QED) is 0.340. The van der Waals surface area contributed by atoms with Crippen molar-refractivity contribution >= 4 is 27.5 Å². The Bertz CT molecular complexity index is 1330. The average Bonchev–Trinajstić information content (AvgIpc) is 2.97. The van der Waals surface area contributed by atoms with Gasteiger partial charge in [-0.1, -0.05) is 56.3 Å². The number of carbonyl (C=O) groups excluding carboxylic acids is 2. The van der Waals surface area contributed by atoms with Gasteiger partial charge in [0, 0.05) is 13.1 Å². The van der Waals surface area contributed by atoms with Crippen molar-refractivity contribution in [3.63, 3.8) is 0 Å². The van der Waals surface area contributed by atoms with Crippen LogP contribution in [0.2, 0.25) is 0 Å². The van der Waals surface area contributed by atoms with E-state index >= 15 is 0 Å². The van der Waals surface area contributed by atoms with Crippen molar-refractivity contribution in [2.75, 3.05) is 24.5 Å². The largest absolute Gasteiger partial charge is 0.497 e. The summed E-state index contributed by atoms with van der Waals surface area (Å²) in [6.07, 6.45) is 1.55. The average molecular weight is 552 g/mol. The first-order valence-corrected chi connectivity index (χ1v) is 14.5. The van der Waals surface area contributed by atoms with Gasteiger partial charge in [0.25, 0.3) is 10.0 Å². The van der Waals surface area contributed by atoms with Crippen LogP contribution >= 0.6 is 0 Å². The summed E-state index contributed by atoms with van der Waals surface area (Å²) in [6.45, 7) is 5.74. The van der Waals surface area contributed by atoms with Gasteiger partial charge < -0.3 is 15.0 Å². The molecule has 0 bridgehead atoms. The van der Waals surface area contributed by atoms with Gasteiger partial charge in [-0.25, -0.2) is 8.42 Å². The molecule has 1 atom stereocenters. The number of amides is 2. The molecule has 0 aliphatic carbocycles. The van der Waals surface area contributed by atoms with Crippen LogP contribution in [0.5, 0.6) is 5.75 Å². The summed E-state index contributed by atoms with van der Waals surface area (Å²) in [4.78, 5) is 28.3. The first-order chi connectivity index (χ1) is 18.7. The van der Waals surface area contributed by atoms with Crippen LogP contribution in [0.4, 0.5) is 5.69 Å². The molecule has 0 saturated heterocycles. The van der Waals surface area contributed by atoms with Gasteiger partial charge in [-0.15, -0.1) is 0 Å². The number of nitrogens with zero attached hydrogens (tertiary/aromatic N) is 2. The van der Waals surface area contributed by atoms with Crippen molar-refractivity contribution in [3.8, 4) is 5.75 Å². The van der Waals surface area contributed by atoms with Crippen molar-refractivity contribution in [1.82, 2.24) is 10.2 Å². The topological polar surface area (TPSA) is 96.0 Å². The maximum Gasteiger partial charge on any atom is 0.264 e. The number of nitrogens with one attached hydrogen (secondary N) is 1. The van der Waals surface area contributed by atoms with Gasteiger partial charge in [-0.05, 0) is 67.3 Å². The Morgan fingerprint density at radius 2 is 1.51 bits per heavy atom. The number of hydrogen-bond acceptors (Lipinski definition) is 5. The smallest absolute Gasteiger partial charge is 0.264 e. The zero-order valence-corrected chi connectivity index (χ0v) is 23.8. The van der Waals surface area contributed by atoms with Crippen LogP contribution in [0.15, 0.2) is 83.8 Å². The third kappa shape index (κ3) is 7.60. The van der Waals surface area contributed by atoms with Crippen LogP contribution < -0.4 is 14.4 Å². The number of carbonyl (C=O) groups is 2. The fraction of sp³-hybridized carbons (Fsp3) is 0.333. The highest BCUT2D eigenvalue weighted by atomic mass is 32.2. The molecule has 0 saturated carbocycles. The molecule has 0 aliphatic rings. The second-order valence-electron chi connectivity index (χ2n) is 9.18. The molecule has 1 N–H and O–H groups in total. The molecule has 39 heavy (non-hydrogen) atoms. The van der Waals surface area contributed by atoms with Crippen LogP contribution in [-0.2, 0) is 32.6 Å². The molecule has 3 aromatic carbocycles. The standard InChI is InChI=1S/C30H37N3O5S/c1-5-20-31-30(35)23(3)32(21-25-14-18-27(38-4)19-15-25)29(34)22-33(26-16-12-24(6-2)13-17-26)39(36,37)28-10-8-7-9-11-28/h7-19,23H,5-6,20-22H2,1-4H3,(H,31,35)/t23-/m1/s1. The van der Waals surface area contributed by atoms with Crippen molar-refractivity contribution in [2.24, 2.45) is 0 Å². The lowest BCUT2D eigenvalue weighted by Crippen LogP contribution is -2.51. The Labute approximate surface area is 231 Å². The third-order valence-electron chi connectivity index (χ3n) is 6.47. The predicted octanol–water partition coefficient (Wildman–Crippen LogP) is 4.40. The lowest BCUT2D eigenvalue weighted by atomic mass is 10.1. The summed E-state index contributed by atoms with van der Waals surface area (Å²) in [7, 11) is -2.51. The zero-order valence-electron chi connectivity index (χ0n) is 23.0. The monoisotopic (exact) mass is 551 g/mol. The Hall–Kier alpha value is -3.85. The van der Waals surface area contributed by atoms with E-state index in [0.717, 1.165) is 28.3 Å². The number of sulfonamides is 1. The number of ether oxygens (including phenoxy) is 1. The Morgan fingerprint density at radius 3 is 2.08 bits per heavy atom. The van der Waals surface area contributed by atoms with E-state index in [2.05, 4.69) is 5.32 Å². The Balaban J connectivity index is 2.00. The SMILES string of the molecule is CCCNC(=O)[C@@H](C)N(Cc1ccc(OC)cc1)C(=O)CN(c1ccc(CC)cc1)S(=O)(=O)c1ccccc1. The minimum atomic E-state index is -4.08. The van der Waals surface area contributed by atoms with Crippen molar-refractivity contribution < 1.29 is 22.7 Å². The Morgan fingerprint density at radius 1 is 0.897 bits per heavy atom. The fourth-order valence-corrected chi connectivity index (χ4v) is 5.49. The van der Waals surface area contributed by atoms with Gasteiger partial charge in [-0.3, -0.25) is 13.9 Å². The van der Waals surface area contributed by atoms with E-state index in [-0.39, 0.29) is 17.3 Å². The van der Waals surface area contributed by atoms with Gasteiger partial charge in [0.1, 0.15) is 18.3 Å². The molecule has 0 spiro atoms. The molecular formula is C30H37N3O5S. The minimum absolute atomic E-state index is 0.0767. The van der Waals surface area contributed by atoms with Crippen LogP contribution in [0.25, 0.3) is 0 Å². The van der Waals surface area contributed by atoms with E-state index in [1.807, 2.05) is 38.1 Å². The van der Waals surface area contributed by atoms with Gasteiger partial charge in [0.2, 0.25) is 11.8 Å². The van der Waals surface area contributed by atoms with Crippen LogP contribution in [-0.4, -0.2) is 51.4 Å². The number of anilines is 1. The molecule has 3 aromatic rings. The maximum absolute atomic E-state index is 13.9. The molecule has 8 nitrogen and oxygen atoms in total. The molecule has 0 unspecified atom stereocenters. The highest BCUT2D eigenvalue weighted by Gasteiger charge is 2.32. The highest BCUT2D eigenvalue weighted by Crippen LogP contribution is 2.25. The molecule has 9 heteroatoms. The molecule has 3 rings (SSSR count). The van der Waals surface area contributed by atoms with Gasteiger partial charge in [0.15, 0.2) is 0 Å². The summed E-state index contributed by atoms with van der Waals surface area (Å²) in [5, 5.41) is 2.84. The van der Waals surface area contributed by atoms with E-state index in [1.165, 1.54) is 17.0 Å². The lowest BCUT2D eigenvalue weighted by Gasteiger charge is -2.32. The molecule has 2 amide bonds. The van der Waals surface area contributed by atoms with Crippen molar-refractivity contribution in [1.29, 1.82) is 0 Å². The zero-order chi connectivity index (χ0) is 28.4. The molecule has 0 radical (unpaired) electrons. The first-order valence-electron chi connectivity index (χ1n) is 13.1. The number of benzene rings is 3. The van der Waals surface area contributed by atoms with Crippen molar-refractivity contribution in [3.05, 3.63) is 90.0 Å². The molecule has 0 aromatic heterocycles. The highest BCUT2D eigenvalue weighted by molar-refractivity contribution is 7.92. The van der Waals surface area contributed by atoms with Crippen LogP contribution in [0, 0.1) is 0 Å². The van der Waals surface area contributed by atoms with Gasteiger partial charge in [0.05, 0.1) is 17.7 Å². The number of methoxy groups -OCH3 is 1. The first kappa shape index (κ1) is 29.7. The third-order valence-corrected chi connectivity index (χ3v) is 8.26. The summed E-state index contributed by atoms with van der Waals surface area (Å²) in [5.74, 6) is -0.131. The number of rotatable bonds is 13. The molecular weight excluding hydrogens is 514 g/mol.